The number of halogens is 1. The Balaban J connectivity index is 1.75. The highest BCUT2D eigenvalue weighted by molar-refractivity contribution is 6.30. The summed E-state index contributed by atoms with van der Waals surface area (Å²) >= 11 is 5.76. The van der Waals surface area contributed by atoms with E-state index in [-0.39, 0.29) is 12.5 Å². The van der Waals surface area contributed by atoms with Gasteiger partial charge in [-0.2, -0.15) is 0 Å². The molecule has 5 heteroatoms. The molecule has 0 aliphatic rings. The van der Waals surface area contributed by atoms with Gasteiger partial charge in [0.25, 0.3) is 0 Å². The van der Waals surface area contributed by atoms with Crippen LogP contribution < -0.4 is 11.1 Å². The van der Waals surface area contributed by atoms with Crippen LogP contribution in [-0.2, 0) is 16.1 Å². The summed E-state index contributed by atoms with van der Waals surface area (Å²) in [6, 6.07) is 14.2. The van der Waals surface area contributed by atoms with Crippen molar-refractivity contribution in [3.8, 4) is 0 Å². The van der Waals surface area contributed by atoms with E-state index in [1.807, 2.05) is 12.1 Å². The Labute approximate surface area is 122 Å². The number of hydrogen-bond donors (Lipinski definition) is 2. The predicted molar refractivity (Wildman–Crippen MR) is 80.6 cm³/mol. The van der Waals surface area contributed by atoms with Crippen molar-refractivity contribution < 1.29 is 9.53 Å². The molecule has 3 N–H and O–H groups in total. The van der Waals surface area contributed by atoms with Crippen LogP contribution in [0.3, 0.4) is 0 Å². The molecule has 1 amide bonds. The quantitative estimate of drug-likeness (QED) is 0.832. The summed E-state index contributed by atoms with van der Waals surface area (Å²) in [5.41, 5.74) is 7.95. The summed E-state index contributed by atoms with van der Waals surface area (Å²) in [4.78, 5) is 11.7. The largest absolute Gasteiger partial charge is 0.399 e. The fourth-order valence-electron chi connectivity index (χ4n) is 1.61. The van der Waals surface area contributed by atoms with Crippen molar-refractivity contribution in [1.29, 1.82) is 0 Å². The van der Waals surface area contributed by atoms with E-state index in [2.05, 4.69) is 5.32 Å². The summed E-state index contributed by atoms with van der Waals surface area (Å²) < 4.78 is 5.34. The first kappa shape index (κ1) is 14.4. The smallest absolute Gasteiger partial charge is 0.250 e. The summed E-state index contributed by atoms with van der Waals surface area (Å²) in [6.07, 6.45) is 0. The maximum absolute atomic E-state index is 11.7. The zero-order valence-electron chi connectivity index (χ0n) is 10.8. The molecule has 0 saturated heterocycles. The van der Waals surface area contributed by atoms with Crippen molar-refractivity contribution in [2.45, 2.75) is 6.61 Å². The number of anilines is 2. The van der Waals surface area contributed by atoms with E-state index in [0.717, 1.165) is 5.56 Å². The third-order valence-electron chi connectivity index (χ3n) is 2.61. The topological polar surface area (TPSA) is 64.3 Å². The van der Waals surface area contributed by atoms with Gasteiger partial charge in [-0.25, -0.2) is 0 Å². The number of hydrogen-bond acceptors (Lipinski definition) is 3. The van der Waals surface area contributed by atoms with Crippen LogP contribution in [0.5, 0.6) is 0 Å². The highest BCUT2D eigenvalue weighted by atomic mass is 35.5. The lowest BCUT2D eigenvalue weighted by Crippen LogP contribution is -2.18. The lowest BCUT2D eigenvalue weighted by atomic mass is 10.2. The highest BCUT2D eigenvalue weighted by Crippen LogP contribution is 2.13. The van der Waals surface area contributed by atoms with Crippen molar-refractivity contribution in [2.24, 2.45) is 0 Å². The Morgan fingerprint density at radius 3 is 2.40 bits per heavy atom. The average Bonchev–Trinajstić information content (AvgIpc) is 2.44. The first-order valence-electron chi connectivity index (χ1n) is 6.11. The average molecular weight is 291 g/mol. The molecule has 2 rings (SSSR count). The lowest BCUT2D eigenvalue weighted by molar-refractivity contribution is -0.121. The molecule has 2 aromatic carbocycles. The Bertz CT molecular complexity index is 567. The molecule has 0 aliphatic carbocycles. The SMILES string of the molecule is Nc1ccc(COCC(=O)Nc2ccc(Cl)cc2)cc1. The number of ether oxygens (including phenoxy) is 1. The molecule has 2 aromatic rings. The van der Waals surface area contributed by atoms with Gasteiger partial charge < -0.3 is 15.8 Å². The van der Waals surface area contributed by atoms with Gasteiger partial charge in [0.05, 0.1) is 6.61 Å². The molecule has 0 unspecified atom stereocenters. The molecule has 0 aromatic heterocycles. The number of nitrogen functional groups attached to an aromatic ring is 1. The van der Waals surface area contributed by atoms with Crippen LogP contribution in [0.2, 0.25) is 5.02 Å². The molecule has 0 heterocycles. The Kier molecular flexibility index (Phi) is 4.98. The van der Waals surface area contributed by atoms with Crippen molar-refractivity contribution in [1.82, 2.24) is 0 Å². The van der Waals surface area contributed by atoms with Gasteiger partial charge in [-0.05, 0) is 42.0 Å². The van der Waals surface area contributed by atoms with E-state index in [9.17, 15) is 4.79 Å². The predicted octanol–water partition coefficient (Wildman–Crippen LogP) is 3.08. The first-order chi connectivity index (χ1) is 9.63. The van der Waals surface area contributed by atoms with Crippen LogP contribution in [0.4, 0.5) is 11.4 Å². The molecule has 0 bridgehead atoms. The second kappa shape index (κ2) is 6.93. The normalized spacial score (nSPS) is 10.2. The summed E-state index contributed by atoms with van der Waals surface area (Å²) in [5.74, 6) is -0.206. The number of amides is 1. The van der Waals surface area contributed by atoms with Crippen molar-refractivity contribution in [3.05, 3.63) is 59.1 Å². The lowest BCUT2D eigenvalue weighted by Gasteiger charge is -2.06. The van der Waals surface area contributed by atoms with Gasteiger partial charge >= 0.3 is 0 Å². The third kappa shape index (κ3) is 4.57. The highest BCUT2D eigenvalue weighted by Gasteiger charge is 2.03. The van der Waals surface area contributed by atoms with E-state index >= 15 is 0 Å². The van der Waals surface area contributed by atoms with Gasteiger partial charge in [-0.15, -0.1) is 0 Å². The van der Waals surface area contributed by atoms with Crippen LogP contribution in [-0.4, -0.2) is 12.5 Å². The minimum Gasteiger partial charge on any atom is -0.399 e. The Hall–Kier alpha value is -2.04. The molecule has 0 atom stereocenters. The van der Waals surface area contributed by atoms with Gasteiger partial charge in [0, 0.05) is 16.4 Å². The molecule has 4 nitrogen and oxygen atoms in total. The Morgan fingerprint density at radius 2 is 1.75 bits per heavy atom. The fourth-order valence-corrected chi connectivity index (χ4v) is 1.73. The molecule has 0 fully saturated rings. The number of rotatable bonds is 5. The van der Waals surface area contributed by atoms with Crippen molar-refractivity contribution >= 4 is 28.9 Å². The standard InChI is InChI=1S/C15H15ClN2O2/c16-12-3-7-14(8-4-12)18-15(19)10-20-9-11-1-5-13(17)6-2-11/h1-8H,9-10,17H2,(H,18,19). The third-order valence-corrected chi connectivity index (χ3v) is 2.86. The Morgan fingerprint density at radius 1 is 1.10 bits per heavy atom. The fraction of sp³-hybridized carbons (Fsp3) is 0.133. The molecule has 0 saturated carbocycles. The van der Waals surface area contributed by atoms with Gasteiger partial charge in [-0.1, -0.05) is 23.7 Å². The van der Waals surface area contributed by atoms with Crippen molar-refractivity contribution in [2.75, 3.05) is 17.7 Å². The second-order valence-corrected chi connectivity index (χ2v) is 4.73. The van der Waals surface area contributed by atoms with E-state index < -0.39 is 0 Å². The molecule has 0 radical (unpaired) electrons. The van der Waals surface area contributed by atoms with E-state index in [1.54, 1.807) is 36.4 Å². The molecule has 20 heavy (non-hydrogen) atoms. The molecular weight excluding hydrogens is 276 g/mol. The maximum Gasteiger partial charge on any atom is 0.250 e. The van der Waals surface area contributed by atoms with E-state index in [0.29, 0.717) is 23.0 Å². The monoisotopic (exact) mass is 290 g/mol. The minimum absolute atomic E-state index is 0.00694. The van der Waals surface area contributed by atoms with Crippen molar-refractivity contribution in [3.63, 3.8) is 0 Å². The first-order valence-corrected chi connectivity index (χ1v) is 6.49. The molecular formula is C15H15ClN2O2. The number of nitrogens with two attached hydrogens (primary N) is 1. The minimum atomic E-state index is -0.206. The molecule has 0 spiro atoms. The summed E-state index contributed by atoms with van der Waals surface area (Å²) in [6.45, 7) is 0.362. The number of carbonyl (C=O) groups is 1. The van der Waals surface area contributed by atoms with Gasteiger partial charge in [-0.3, -0.25) is 4.79 Å². The van der Waals surface area contributed by atoms with Gasteiger partial charge in [0.1, 0.15) is 6.61 Å². The zero-order chi connectivity index (χ0) is 14.4. The second-order valence-electron chi connectivity index (χ2n) is 4.29. The van der Waals surface area contributed by atoms with E-state index in [1.165, 1.54) is 0 Å². The molecule has 104 valence electrons. The van der Waals surface area contributed by atoms with Crippen LogP contribution >= 0.6 is 11.6 Å². The van der Waals surface area contributed by atoms with Gasteiger partial charge in [0.2, 0.25) is 5.91 Å². The number of benzene rings is 2. The number of nitrogens with one attached hydrogen (secondary N) is 1. The zero-order valence-corrected chi connectivity index (χ0v) is 11.6. The van der Waals surface area contributed by atoms with Crippen LogP contribution in [0, 0.1) is 0 Å². The van der Waals surface area contributed by atoms with Crippen LogP contribution in [0.25, 0.3) is 0 Å². The van der Waals surface area contributed by atoms with Gasteiger partial charge in [0.15, 0.2) is 0 Å². The molecule has 0 aliphatic heterocycles. The van der Waals surface area contributed by atoms with E-state index in [4.69, 9.17) is 22.1 Å². The maximum atomic E-state index is 11.7. The van der Waals surface area contributed by atoms with Crippen LogP contribution in [0.1, 0.15) is 5.56 Å². The summed E-state index contributed by atoms with van der Waals surface area (Å²) in [7, 11) is 0. The summed E-state index contributed by atoms with van der Waals surface area (Å²) in [5, 5.41) is 3.35. The van der Waals surface area contributed by atoms with Crippen LogP contribution in [0.15, 0.2) is 48.5 Å². The number of carbonyl (C=O) groups excluding carboxylic acids is 1.